The van der Waals surface area contributed by atoms with Gasteiger partial charge in [-0.05, 0) is 31.7 Å². The molecule has 1 heterocycles. The van der Waals surface area contributed by atoms with E-state index in [1.807, 2.05) is 7.11 Å². The fourth-order valence-corrected chi connectivity index (χ4v) is 2.76. The number of likely N-dealkylation sites (tertiary alicyclic amines) is 1. The van der Waals surface area contributed by atoms with Crippen LogP contribution in [0.4, 0.5) is 0 Å². The van der Waals surface area contributed by atoms with E-state index < -0.39 is 0 Å². The molecule has 1 rings (SSSR count). The molecule has 1 saturated heterocycles. The Morgan fingerprint density at radius 2 is 1.89 bits per heavy atom. The molecule has 0 spiro atoms. The molecule has 1 N–H and O–H groups in total. The van der Waals surface area contributed by atoms with Crippen LogP contribution in [0.3, 0.4) is 0 Å². The first-order valence-corrected chi connectivity index (χ1v) is 7.64. The van der Waals surface area contributed by atoms with Gasteiger partial charge in [-0.3, -0.25) is 4.90 Å². The van der Waals surface area contributed by atoms with Gasteiger partial charge in [0.2, 0.25) is 0 Å². The normalized spacial score (nSPS) is 20.5. The predicted molar refractivity (Wildman–Crippen MR) is 78.0 cm³/mol. The molecule has 0 aromatic rings. The van der Waals surface area contributed by atoms with E-state index in [1.165, 1.54) is 38.8 Å². The number of rotatable bonds is 8. The average molecular weight is 256 g/mol. The third kappa shape index (κ3) is 5.68. The molecule has 0 amide bonds. The molecule has 0 aromatic carbocycles. The fraction of sp³-hybridized carbons (Fsp3) is 1.00. The van der Waals surface area contributed by atoms with E-state index >= 15 is 0 Å². The van der Waals surface area contributed by atoms with Crippen LogP contribution < -0.4 is 5.32 Å². The van der Waals surface area contributed by atoms with E-state index in [9.17, 15) is 0 Å². The second-order valence-corrected chi connectivity index (χ2v) is 5.97. The van der Waals surface area contributed by atoms with Gasteiger partial charge < -0.3 is 10.1 Å². The molecule has 1 aliphatic heterocycles. The van der Waals surface area contributed by atoms with E-state index in [-0.39, 0.29) is 0 Å². The Labute approximate surface area is 113 Å². The summed E-state index contributed by atoms with van der Waals surface area (Å²) in [6.45, 7) is 11.5. The van der Waals surface area contributed by atoms with Gasteiger partial charge in [0.15, 0.2) is 0 Å². The second-order valence-electron chi connectivity index (χ2n) is 5.97. The van der Waals surface area contributed by atoms with Crippen molar-refractivity contribution in [3.8, 4) is 0 Å². The highest BCUT2D eigenvalue weighted by atomic mass is 16.5. The summed E-state index contributed by atoms with van der Waals surface area (Å²) in [6.07, 6.45) is 5.47. The summed E-state index contributed by atoms with van der Waals surface area (Å²) < 4.78 is 5.45. The first kappa shape index (κ1) is 15.9. The quantitative estimate of drug-likeness (QED) is 0.722. The number of methoxy groups -OCH3 is 1. The zero-order valence-corrected chi connectivity index (χ0v) is 12.7. The van der Waals surface area contributed by atoms with Crippen molar-refractivity contribution in [3.05, 3.63) is 0 Å². The van der Waals surface area contributed by atoms with Gasteiger partial charge in [-0.25, -0.2) is 0 Å². The highest BCUT2D eigenvalue weighted by Gasteiger charge is 2.24. The van der Waals surface area contributed by atoms with Gasteiger partial charge in [-0.1, -0.05) is 27.2 Å². The molecule has 1 aliphatic rings. The lowest BCUT2D eigenvalue weighted by atomic mass is 10.0. The molecule has 1 fully saturated rings. The van der Waals surface area contributed by atoms with E-state index in [0.717, 1.165) is 19.0 Å². The SMILES string of the molecule is CCCC(CNCC(C)C)N1CCC(OC)CC1. The van der Waals surface area contributed by atoms with Crippen LogP contribution in [-0.4, -0.2) is 50.3 Å². The second kappa shape index (κ2) is 8.89. The van der Waals surface area contributed by atoms with Crippen LogP contribution in [0.1, 0.15) is 46.5 Å². The Hall–Kier alpha value is -0.120. The third-order valence-electron chi connectivity index (χ3n) is 3.88. The Morgan fingerprint density at radius 1 is 1.22 bits per heavy atom. The Bertz CT molecular complexity index is 201. The lowest BCUT2D eigenvalue weighted by molar-refractivity contribution is 0.0256. The van der Waals surface area contributed by atoms with E-state index in [0.29, 0.717) is 12.1 Å². The Balaban J connectivity index is 2.32. The summed E-state index contributed by atoms with van der Waals surface area (Å²) >= 11 is 0. The highest BCUT2D eigenvalue weighted by Crippen LogP contribution is 2.17. The summed E-state index contributed by atoms with van der Waals surface area (Å²) in [5, 5.41) is 3.62. The monoisotopic (exact) mass is 256 g/mol. The Morgan fingerprint density at radius 3 is 2.39 bits per heavy atom. The van der Waals surface area contributed by atoms with Gasteiger partial charge >= 0.3 is 0 Å². The molecule has 3 nitrogen and oxygen atoms in total. The number of ether oxygens (including phenoxy) is 1. The van der Waals surface area contributed by atoms with Gasteiger partial charge in [0.05, 0.1) is 6.10 Å². The van der Waals surface area contributed by atoms with Crippen molar-refractivity contribution in [1.82, 2.24) is 10.2 Å². The largest absolute Gasteiger partial charge is 0.381 e. The van der Waals surface area contributed by atoms with Crippen molar-refractivity contribution >= 4 is 0 Å². The van der Waals surface area contributed by atoms with Crippen LogP contribution >= 0.6 is 0 Å². The van der Waals surface area contributed by atoms with Crippen molar-refractivity contribution in [2.24, 2.45) is 5.92 Å². The van der Waals surface area contributed by atoms with E-state index in [2.05, 4.69) is 31.0 Å². The van der Waals surface area contributed by atoms with Crippen molar-refractivity contribution in [2.75, 3.05) is 33.3 Å². The predicted octanol–water partition coefficient (Wildman–Crippen LogP) is 2.51. The van der Waals surface area contributed by atoms with Gasteiger partial charge in [-0.2, -0.15) is 0 Å². The van der Waals surface area contributed by atoms with Crippen LogP contribution in [0.5, 0.6) is 0 Å². The molecule has 0 bridgehead atoms. The number of piperidine rings is 1. The summed E-state index contributed by atoms with van der Waals surface area (Å²) in [5.41, 5.74) is 0. The lowest BCUT2D eigenvalue weighted by Gasteiger charge is -2.37. The summed E-state index contributed by atoms with van der Waals surface area (Å²) in [6, 6.07) is 0.714. The maximum Gasteiger partial charge on any atom is 0.0595 e. The Kier molecular flexibility index (Phi) is 7.87. The summed E-state index contributed by atoms with van der Waals surface area (Å²) in [4.78, 5) is 2.66. The lowest BCUT2D eigenvalue weighted by Crippen LogP contribution is -2.47. The summed E-state index contributed by atoms with van der Waals surface area (Å²) in [5.74, 6) is 0.742. The molecule has 1 atom stereocenters. The van der Waals surface area contributed by atoms with Crippen molar-refractivity contribution < 1.29 is 4.74 Å². The molecule has 18 heavy (non-hydrogen) atoms. The number of hydrogen-bond donors (Lipinski definition) is 1. The zero-order valence-electron chi connectivity index (χ0n) is 12.7. The van der Waals surface area contributed by atoms with Gasteiger partial charge in [0, 0.05) is 32.8 Å². The maximum atomic E-state index is 5.45. The maximum absolute atomic E-state index is 5.45. The molecule has 0 aliphatic carbocycles. The minimum absolute atomic E-state index is 0.493. The van der Waals surface area contributed by atoms with Crippen LogP contribution in [0.2, 0.25) is 0 Å². The van der Waals surface area contributed by atoms with Gasteiger partial charge in [-0.15, -0.1) is 0 Å². The molecule has 0 radical (unpaired) electrons. The molecule has 1 unspecified atom stereocenters. The number of nitrogens with zero attached hydrogens (tertiary/aromatic N) is 1. The van der Waals surface area contributed by atoms with Crippen molar-refractivity contribution in [2.45, 2.75) is 58.6 Å². The van der Waals surface area contributed by atoms with Gasteiger partial charge in [0.25, 0.3) is 0 Å². The molecule has 0 aromatic heterocycles. The van der Waals surface area contributed by atoms with Gasteiger partial charge in [0.1, 0.15) is 0 Å². The molecular formula is C15H32N2O. The molecular weight excluding hydrogens is 224 g/mol. The minimum Gasteiger partial charge on any atom is -0.381 e. The molecule has 108 valence electrons. The van der Waals surface area contributed by atoms with Crippen LogP contribution in [0.15, 0.2) is 0 Å². The summed E-state index contributed by atoms with van der Waals surface area (Å²) in [7, 11) is 1.84. The van der Waals surface area contributed by atoms with Crippen LogP contribution in [0.25, 0.3) is 0 Å². The fourth-order valence-electron chi connectivity index (χ4n) is 2.76. The smallest absolute Gasteiger partial charge is 0.0595 e. The molecule has 0 saturated carbocycles. The third-order valence-corrected chi connectivity index (χ3v) is 3.88. The topological polar surface area (TPSA) is 24.5 Å². The van der Waals surface area contributed by atoms with Crippen molar-refractivity contribution in [3.63, 3.8) is 0 Å². The molecule has 3 heteroatoms. The van der Waals surface area contributed by atoms with E-state index in [4.69, 9.17) is 4.74 Å². The van der Waals surface area contributed by atoms with Crippen molar-refractivity contribution in [1.29, 1.82) is 0 Å². The first-order valence-electron chi connectivity index (χ1n) is 7.64. The zero-order chi connectivity index (χ0) is 13.4. The van der Waals surface area contributed by atoms with Crippen LogP contribution in [0, 0.1) is 5.92 Å². The highest BCUT2D eigenvalue weighted by molar-refractivity contribution is 4.80. The minimum atomic E-state index is 0.493. The average Bonchev–Trinajstić information content (AvgIpc) is 2.37. The number of hydrogen-bond acceptors (Lipinski definition) is 3. The first-order chi connectivity index (χ1) is 8.67. The standard InChI is InChI=1S/C15H32N2O/c1-5-6-14(12-16-11-13(2)3)17-9-7-15(18-4)8-10-17/h13-16H,5-12H2,1-4H3. The number of nitrogens with one attached hydrogen (secondary N) is 1. The van der Waals surface area contributed by atoms with Crippen LogP contribution in [-0.2, 0) is 4.74 Å². The van der Waals surface area contributed by atoms with E-state index in [1.54, 1.807) is 0 Å².